The molecule has 44 heavy (non-hydrogen) atoms. The van der Waals surface area contributed by atoms with Crippen molar-refractivity contribution < 1.29 is 0 Å². The maximum Gasteiger partial charge on any atom is 0.238 e. The van der Waals surface area contributed by atoms with Crippen LogP contribution in [0.25, 0.3) is 72.4 Å². The molecular formula is C40H28N4. The third kappa shape index (κ3) is 3.54. The Hall–Kier alpha value is -5.61. The van der Waals surface area contributed by atoms with Crippen LogP contribution < -0.4 is 0 Å². The minimum Gasteiger partial charge on any atom is -0.277 e. The van der Waals surface area contributed by atoms with Crippen LogP contribution in [0, 0.1) is 0 Å². The molecule has 4 nitrogen and oxygen atoms in total. The zero-order chi connectivity index (χ0) is 29.4. The van der Waals surface area contributed by atoms with Crippen molar-refractivity contribution in [1.29, 1.82) is 0 Å². The fourth-order valence-electron chi connectivity index (χ4n) is 7.15. The molecule has 0 fully saturated rings. The first-order chi connectivity index (χ1) is 21.6. The molecule has 8 aromatic rings. The molecule has 0 unspecified atom stereocenters. The number of rotatable bonds is 3. The van der Waals surface area contributed by atoms with E-state index in [0.29, 0.717) is 17.6 Å². The quantitative estimate of drug-likeness (QED) is 0.215. The van der Waals surface area contributed by atoms with Gasteiger partial charge in [-0.2, -0.15) is 9.97 Å². The number of hydrogen-bond donors (Lipinski definition) is 0. The first-order valence-corrected chi connectivity index (χ1v) is 15.1. The first-order valence-electron chi connectivity index (χ1n) is 15.1. The molecule has 9 rings (SSSR count). The van der Waals surface area contributed by atoms with E-state index in [1.807, 2.05) is 36.4 Å². The van der Waals surface area contributed by atoms with E-state index in [1.165, 1.54) is 43.8 Å². The lowest BCUT2D eigenvalue weighted by Gasteiger charge is -2.23. The lowest BCUT2D eigenvalue weighted by atomic mass is 9.81. The predicted molar refractivity (Wildman–Crippen MR) is 180 cm³/mol. The second-order valence-electron chi connectivity index (χ2n) is 12.1. The molecule has 0 spiro atoms. The van der Waals surface area contributed by atoms with Crippen LogP contribution in [0.2, 0.25) is 0 Å². The number of aromatic nitrogens is 4. The Morgan fingerprint density at radius 1 is 0.523 bits per heavy atom. The number of hydrogen-bond acceptors (Lipinski definition) is 3. The maximum absolute atomic E-state index is 5.22. The van der Waals surface area contributed by atoms with Gasteiger partial charge in [0.25, 0.3) is 0 Å². The summed E-state index contributed by atoms with van der Waals surface area (Å²) in [6.07, 6.45) is 0. The summed E-state index contributed by atoms with van der Waals surface area (Å²) >= 11 is 0. The van der Waals surface area contributed by atoms with Gasteiger partial charge in [0.1, 0.15) is 0 Å². The van der Waals surface area contributed by atoms with Gasteiger partial charge in [0.15, 0.2) is 11.6 Å². The van der Waals surface area contributed by atoms with Gasteiger partial charge in [-0.1, -0.05) is 135 Å². The molecule has 2 heterocycles. The van der Waals surface area contributed by atoms with Gasteiger partial charge in [-0.3, -0.25) is 4.57 Å². The number of nitrogens with zero attached hydrogens (tertiary/aromatic N) is 4. The molecule has 0 atom stereocenters. The third-order valence-corrected chi connectivity index (χ3v) is 9.20. The number of benzene rings is 6. The molecule has 0 N–H and O–H groups in total. The van der Waals surface area contributed by atoms with Crippen molar-refractivity contribution in [3.8, 4) is 39.9 Å². The smallest absolute Gasteiger partial charge is 0.238 e. The van der Waals surface area contributed by atoms with E-state index in [-0.39, 0.29) is 5.41 Å². The van der Waals surface area contributed by atoms with Gasteiger partial charge < -0.3 is 0 Å². The lowest BCUT2D eigenvalue weighted by Crippen LogP contribution is -2.17. The van der Waals surface area contributed by atoms with Crippen molar-refractivity contribution in [3.63, 3.8) is 0 Å². The van der Waals surface area contributed by atoms with Crippen LogP contribution in [0.15, 0.2) is 133 Å². The summed E-state index contributed by atoms with van der Waals surface area (Å²) in [5, 5.41) is 4.79. The topological polar surface area (TPSA) is 43.6 Å². The fraction of sp³-hybridized carbons (Fsp3) is 0.0750. The fourth-order valence-corrected chi connectivity index (χ4v) is 7.15. The monoisotopic (exact) mass is 564 g/mol. The molecule has 2 aromatic heterocycles. The molecule has 6 aromatic carbocycles. The normalized spacial score (nSPS) is 13.4. The van der Waals surface area contributed by atoms with E-state index < -0.39 is 0 Å². The Bertz CT molecular complexity index is 2350. The largest absolute Gasteiger partial charge is 0.277 e. The Morgan fingerprint density at radius 2 is 1.11 bits per heavy atom. The second-order valence-corrected chi connectivity index (χ2v) is 12.1. The molecule has 0 bridgehead atoms. The van der Waals surface area contributed by atoms with Crippen LogP contribution in [-0.4, -0.2) is 19.5 Å². The van der Waals surface area contributed by atoms with Crippen molar-refractivity contribution in [3.05, 3.63) is 145 Å². The van der Waals surface area contributed by atoms with E-state index in [9.17, 15) is 0 Å². The Kier molecular flexibility index (Phi) is 5.21. The van der Waals surface area contributed by atoms with Crippen LogP contribution in [-0.2, 0) is 5.41 Å². The van der Waals surface area contributed by atoms with Gasteiger partial charge in [-0.05, 0) is 45.2 Å². The van der Waals surface area contributed by atoms with Crippen molar-refractivity contribution in [2.45, 2.75) is 19.3 Å². The zero-order valence-electron chi connectivity index (χ0n) is 24.5. The molecule has 1 aliphatic carbocycles. The van der Waals surface area contributed by atoms with Gasteiger partial charge in [0, 0.05) is 27.3 Å². The number of fused-ring (bicyclic) bond motifs is 8. The van der Waals surface area contributed by atoms with Gasteiger partial charge >= 0.3 is 0 Å². The van der Waals surface area contributed by atoms with E-state index in [0.717, 1.165) is 22.2 Å². The van der Waals surface area contributed by atoms with Gasteiger partial charge in [-0.15, -0.1) is 0 Å². The van der Waals surface area contributed by atoms with Crippen LogP contribution in [0.4, 0.5) is 0 Å². The average Bonchev–Trinajstić information content (AvgIpc) is 3.52. The second kappa shape index (κ2) is 9.19. The highest BCUT2D eigenvalue weighted by Crippen LogP contribution is 2.53. The Morgan fingerprint density at radius 3 is 1.80 bits per heavy atom. The van der Waals surface area contributed by atoms with E-state index in [1.54, 1.807) is 0 Å². The zero-order valence-corrected chi connectivity index (χ0v) is 24.5. The SMILES string of the molecule is CC1(C)c2ccccc2-c2ccc3c4cc5ccccc5cc4n(-c4nc(-c5ccccc5)nc(-c5ccccc5)n4)c3c21. The van der Waals surface area contributed by atoms with Gasteiger partial charge in [-0.25, -0.2) is 4.98 Å². The Balaban J connectivity index is 1.46. The van der Waals surface area contributed by atoms with Crippen molar-refractivity contribution in [2.75, 3.05) is 0 Å². The molecular weight excluding hydrogens is 536 g/mol. The summed E-state index contributed by atoms with van der Waals surface area (Å²) < 4.78 is 2.30. The van der Waals surface area contributed by atoms with E-state index >= 15 is 0 Å². The first kappa shape index (κ1) is 24.9. The molecule has 0 aliphatic heterocycles. The van der Waals surface area contributed by atoms with Crippen LogP contribution >= 0.6 is 0 Å². The molecule has 0 saturated carbocycles. The van der Waals surface area contributed by atoms with Crippen LogP contribution in [0.3, 0.4) is 0 Å². The highest BCUT2D eigenvalue weighted by atomic mass is 15.2. The van der Waals surface area contributed by atoms with Crippen molar-refractivity contribution >= 4 is 32.6 Å². The predicted octanol–water partition coefficient (Wildman–Crippen LogP) is 9.76. The maximum atomic E-state index is 5.22. The Labute approximate surface area is 255 Å². The highest BCUT2D eigenvalue weighted by Gasteiger charge is 2.38. The van der Waals surface area contributed by atoms with E-state index in [2.05, 4.69) is 115 Å². The molecule has 0 saturated heterocycles. The molecule has 4 heteroatoms. The average molecular weight is 565 g/mol. The highest BCUT2D eigenvalue weighted by molar-refractivity contribution is 6.16. The summed E-state index contributed by atoms with van der Waals surface area (Å²) in [5.41, 5.74) is 9.15. The lowest BCUT2D eigenvalue weighted by molar-refractivity contribution is 0.663. The van der Waals surface area contributed by atoms with Gasteiger partial charge in [0.05, 0.1) is 11.0 Å². The molecule has 1 aliphatic rings. The van der Waals surface area contributed by atoms with Gasteiger partial charge in [0.2, 0.25) is 5.95 Å². The van der Waals surface area contributed by atoms with Crippen molar-refractivity contribution in [2.24, 2.45) is 0 Å². The molecule has 0 radical (unpaired) electrons. The van der Waals surface area contributed by atoms with Crippen LogP contribution in [0.1, 0.15) is 25.0 Å². The van der Waals surface area contributed by atoms with Crippen LogP contribution in [0.5, 0.6) is 0 Å². The summed E-state index contributed by atoms with van der Waals surface area (Å²) in [7, 11) is 0. The van der Waals surface area contributed by atoms with E-state index in [4.69, 9.17) is 15.0 Å². The van der Waals surface area contributed by atoms with Crippen molar-refractivity contribution in [1.82, 2.24) is 19.5 Å². The summed E-state index contributed by atoms with van der Waals surface area (Å²) in [6, 6.07) is 47.0. The minimum absolute atomic E-state index is 0.214. The minimum atomic E-state index is -0.214. The summed E-state index contributed by atoms with van der Waals surface area (Å²) in [4.78, 5) is 15.4. The third-order valence-electron chi connectivity index (χ3n) is 9.20. The molecule has 208 valence electrons. The summed E-state index contributed by atoms with van der Waals surface area (Å²) in [6.45, 7) is 4.68. The summed E-state index contributed by atoms with van der Waals surface area (Å²) in [5.74, 6) is 1.92. The molecule has 0 amide bonds. The standard InChI is InChI=1S/C40H28N4/c1-40(2)33-20-12-11-19-29(33)30-21-22-31-32-23-27-17-9-10-18-28(27)24-34(32)44(36(31)35(30)40)39-42-37(25-13-5-3-6-14-25)41-38(43-39)26-15-7-4-8-16-26/h3-24H,1-2H3.